The largest absolute Gasteiger partial charge is 0.479 e. The van der Waals surface area contributed by atoms with Gasteiger partial charge in [-0.3, -0.25) is 0 Å². The predicted octanol–water partition coefficient (Wildman–Crippen LogP) is -0.516. The highest BCUT2D eigenvalue weighted by molar-refractivity contribution is 5.71. The molecule has 0 aliphatic carbocycles. The zero-order valence-electron chi connectivity index (χ0n) is 9.18. The lowest BCUT2D eigenvalue weighted by atomic mass is 10.4. The minimum absolute atomic E-state index is 0.0278. The fourth-order valence-electron chi connectivity index (χ4n) is 0.552. The summed E-state index contributed by atoms with van der Waals surface area (Å²) < 4.78 is 9.34. The van der Waals surface area contributed by atoms with Gasteiger partial charge in [0.15, 0.2) is 6.10 Å². The zero-order chi connectivity index (χ0) is 12.1. The standard InChI is InChI=1S/C5H10O3.C4H10O3/c1-3-8-4(2)5(6)7;5-1-3-7-4-2-6/h4H,3H2,1-2H3,(H,6,7);5-6H,1-4H2. The molecule has 15 heavy (non-hydrogen) atoms. The Morgan fingerprint density at radius 1 is 1.27 bits per heavy atom. The van der Waals surface area contributed by atoms with Gasteiger partial charge in [0.2, 0.25) is 0 Å². The van der Waals surface area contributed by atoms with E-state index in [-0.39, 0.29) is 13.2 Å². The Hall–Kier alpha value is -0.690. The second-order valence-electron chi connectivity index (χ2n) is 2.50. The van der Waals surface area contributed by atoms with Crippen LogP contribution in [0.25, 0.3) is 0 Å². The van der Waals surface area contributed by atoms with E-state index in [9.17, 15) is 4.79 Å². The molecule has 1 atom stereocenters. The molecule has 0 saturated carbocycles. The van der Waals surface area contributed by atoms with E-state index in [0.29, 0.717) is 19.8 Å². The molecule has 6 nitrogen and oxygen atoms in total. The molecular formula is C9H20O6. The maximum absolute atomic E-state index is 9.96. The van der Waals surface area contributed by atoms with Gasteiger partial charge in [0, 0.05) is 6.61 Å². The summed E-state index contributed by atoms with van der Waals surface area (Å²) in [7, 11) is 0. The van der Waals surface area contributed by atoms with Gasteiger partial charge in [-0.25, -0.2) is 4.79 Å². The molecule has 0 aromatic carbocycles. The lowest BCUT2D eigenvalue weighted by molar-refractivity contribution is -0.148. The lowest BCUT2D eigenvalue weighted by Crippen LogP contribution is -2.19. The van der Waals surface area contributed by atoms with E-state index < -0.39 is 12.1 Å². The highest BCUT2D eigenvalue weighted by Gasteiger charge is 2.07. The number of hydrogen-bond donors (Lipinski definition) is 3. The quantitative estimate of drug-likeness (QED) is 0.504. The van der Waals surface area contributed by atoms with E-state index >= 15 is 0 Å². The average molecular weight is 224 g/mol. The fourth-order valence-corrected chi connectivity index (χ4v) is 0.552. The Morgan fingerprint density at radius 3 is 1.93 bits per heavy atom. The smallest absolute Gasteiger partial charge is 0.332 e. The Bertz CT molecular complexity index is 135. The van der Waals surface area contributed by atoms with E-state index in [1.807, 2.05) is 0 Å². The van der Waals surface area contributed by atoms with E-state index in [4.69, 9.17) is 20.1 Å². The molecule has 0 amide bonds. The molecule has 0 heterocycles. The van der Waals surface area contributed by atoms with Crippen LogP contribution in [0.2, 0.25) is 0 Å². The van der Waals surface area contributed by atoms with Crippen LogP contribution in [-0.4, -0.2) is 60.4 Å². The van der Waals surface area contributed by atoms with Crippen molar-refractivity contribution in [2.24, 2.45) is 0 Å². The number of carbonyl (C=O) groups is 1. The Labute approximate surface area is 89.4 Å². The minimum atomic E-state index is -0.910. The maximum atomic E-state index is 9.96. The maximum Gasteiger partial charge on any atom is 0.332 e. The van der Waals surface area contributed by atoms with Gasteiger partial charge < -0.3 is 24.8 Å². The molecule has 0 aromatic heterocycles. The fraction of sp³-hybridized carbons (Fsp3) is 0.889. The van der Waals surface area contributed by atoms with Crippen molar-refractivity contribution in [3.05, 3.63) is 0 Å². The highest BCUT2D eigenvalue weighted by Crippen LogP contribution is 1.87. The molecule has 3 N–H and O–H groups in total. The zero-order valence-corrected chi connectivity index (χ0v) is 9.18. The lowest BCUT2D eigenvalue weighted by Gasteiger charge is -2.03. The van der Waals surface area contributed by atoms with Gasteiger partial charge in [0.05, 0.1) is 26.4 Å². The van der Waals surface area contributed by atoms with Crippen molar-refractivity contribution in [2.75, 3.05) is 33.0 Å². The molecule has 0 radical (unpaired) electrons. The van der Waals surface area contributed by atoms with Crippen LogP contribution < -0.4 is 0 Å². The van der Waals surface area contributed by atoms with Crippen molar-refractivity contribution >= 4 is 5.97 Å². The first-order valence-corrected chi connectivity index (χ1v) is 4.74. The summed E-state index contributed by atoms with van der Waals surface area (Å²) >= 11 is 0. The van der Waals surface area contributed by atoms with Crippen molar-refractivity contribution in [1.29, 1.82) is 0 Å². The molecule has 0 aliphatic rings. The normalized spacial score (nSPS) is 11.5. The number of ether oxygens (including phenoxy) is 2. The number of carboxylic acids is 1. The average Bonchev–Trinajstić information content (AvgIpc) is 2.20. The van der Waals surface area contributed by atoms with Gasteiger partial charge in [-0.1, -0.05) is 0 Å². The van der Waals surface area contributed by atoms with Gasteiger partial charge in [-0.2, -0.15) is 0 Å². The van der Waals surface area contributed by atoms with E-state index in [1.54, 1.807) is 6.92 Å². The van der Waals surface area contributed by atoms with Crippen molar-refractivity contribution in [1.82, 2.24) is 0 Å². The third-order valence-corrected chi connectivity index (χ3v) is 1.24. The van der Waals surface area contributed by atoms with Gasteiger partial charge in [0.1, 0.15) is 0 Å². The molecule has 6 heteroatoms. The first kappa shape index (κ1) is 16.7. The van der Waals surface area contributed by atoms with E-state index in [2.05, 4.69) is 4.74 Å². The molecule has 0 saturated heterocycles. The van der Waals surface area contributed by atoms with Crippen LogP contribution in [0.3, 0.4) is 0 Å². The SMILES string of the molecule is CCOC(C)C(=O)O.OCCOCCO. The molecule has 1 unspecified atom stereocenters. The van der Waals surface area contributed by atoms with Crippen LogP contribution in [0.5, 0.6) is 0 Å². The molecular weight excluding hydrogens is 204 g/mol. The number of rotatable bonds is 7. The summed E-state index contributed by atoms with van der Waals surface area (Å²) in [4.78, 5) is 9.96. The second-order valence-corrected chi connectivity index (χ2v) is 2.50. The van der Waals surface area contributed by atoms with Crippen LogP contribution in [-0.2, 0) is 14.3 Å². The summed E-state index contributed by atoms with van der Waals surface area (Å²) in [5, 5.41) is 24.4. The Morgan fingerprint density at radius 2 is 1.73 bits per heavy atom. The van der Waals surface area contributed by atoms with Crippen molar-refractivity contribution in [3.63, 3.8) is 0 Å². The van der Waals surface area contributed by atoms with Crippen molar-refractivity contribution < 1.29 is 29.6 Å². The summed E-state index contributed by atoms with van der Waals surface area (Å²) in [6.45, 7) is 4.42. The van der Waals surface area contributed by atoms with E-state index in [0.717, 1.165) is 0 Å². The molecule has 0 spiro atoms. The molecule has 92 valence electrons. The summed E-state index contributed by atoms with van der Waals surface area (Å²) in [5.74, 6) is -0.910. The van der Waals surface area contributed by atoms with Crippen LogP contribution >= 0.6 is 0 Å². The third-order valence-electron chi connectivity index (χ3n) is 1.24. The number of aliphatic hydroxyl groups excluding tert-OH is 2. The molecule has 0 aliphatic heterocycles. The first-order chi connectivity index (χ1) is 7.09. The molecule has 0 rings (SSSR count). The van der Waals surface area contributed by atoms with E-state index in [1.165, 1.54) is 6.92 Å². The van der Waals surface area contributed by atoms with Gasteiger partial charge in [0.25, 0.3) is 0 Å². The van der Waals surface area contributed by atoms with Crippen LogP contribution in [0.1, 0.15) is 13.8 Å². The van der Waals surface area contributed by atoms with Crippen LogP contribution in [0.15, 0.2) is 0 Å². The minimum Gasteiger partial charge on any atom is -0.479 e. The molecule has 0 bridgehead atoms. The highest BCUT2D eigenvalue weighted by atomic mass is 16.5. The van der Waals surface area contributed by atoms with Gasteiger partial charge >= 0.3 is 5.97 Å². The van der Waals surface area contributed by atoms with Gasteiger partial charge in [-0.15, -0.1) is 0 Å². The summed E-state index contributed by atoms with van der Waals surface area (Å²) in [5.41, 5.74) is 0. The van der Waals surface area contributed by atoms with Crippen LogP contribution in [0, 0.1) is 0 Å². The predicted molar refractivity (Wildman–Crippen MR) is 53.7 cm³/mol. The Balaban J connectivity index is 0. The number of carboxylic acid groups (broad SMARTS) is 1. The monoisotopic (exact) mass is 224 g/mol. The topological polar surface area (TPSA) is 96.2 Å². The number of aliphatic hydroxyl groups is 2. The number of aliphatic carboxylic acids is 1. The second kappa shape index (κ2) is 13.3. The van der Waals surface area contributed by atoms with Crippen molar-refractivity contribution in [2.45, 2.75) is 20.0 Å². The molecule has 0 fully saturated rings. The van der Waals surface area contributed by atoms with Crippen LogP contribution in [0.4, 0.5) is 0 Å². The summed E-state index contributed by atoms with van der Waals surface area (Å²) in [6.07, 6.45) is -0.667. The Kier molecular flexibility index (Phi) is 14.8. The molecule has 0 aromatic rings. The van der Waals surface area contributed by atoms with Gasteiger partial charge in [-0.05, 0) is 13.8 Å². The summed E-state index contributed by atoms with van der Waals surface area (Å²) in [6, 6.07) is 0. The van der Waals surface area contributed by atoms with Crippen molar-refractivity contribution in [3.8, 4) is 0 Å². The third kappa shape index (κ3) is 16.0. The number of hydrogen-bond acceptors (Lipinski definition) is 5. The first-order valence-electron chi connectivity index (χ1n) is 4.74.